The van der Waals surface area contributed by atoms with Crippen molar-refractivity contribution in [2.75, 3.05) is 19.6 Å². The number of likely N-dealkylation sites (tertiary alicyclic amines) is 1. The zero-order valence-electron chi connectivity index (χ0n) is 16.9. The maximum absolute atomic E-state index is 12.7. The molecule has 1 saturated carbocycles. The SMILES string of the molecule is NC(=O)c1cccc(C(=O)N2CC3C(CCNC(=O)c4cc5cnccc5[nH]4)C3C2)c1. The molecule has 3 amide bonds. The van der Waals surface area contributed by atoms with Crippen molar-refractivity contribution in [1.29, 1.82) is 0 Å². The van der Waals surface area contributed by atoms with E-state index in [1.165, 1.54) is 0 Å². The number of hydrogen-bond donors (Lipinski definition) is 3. The summed E-state index contributed by atoms with van der Waals surface area (Å²) in [4.78, 5) is 45.5. The fourth-order valence-electron chi connectivity index (χ4n) is 4.77. The van der Waals surface area contributed by atoms with E-state index in [1.807, 2.05) is 11.0 Å². The van der Waals surface area contributed by atoms with Crippen LogP contribution >= 0.6 is 0 Å². The molecular formula is C23H23N5O3. The van der Waals surface area contributed by atoms with Crippen molar-refractivity contribution in [3.8, 4) is 0 Å². The molecule has 5 rings (SSSR count). The molecule has 2 unspecified atom stereocenters. The molecule has 158 valence electrons. The number of H-pyrrole nitrogens is 1. The number of amides is 3. The lowest BCUT2D eigenvalue weighted by Gasteiger charge is -2.20. The first-order valence-electron chi connectivity index (χ1n) is 10.4. The lowest BCUT2D eigenvalue weighted by atomic mass is 10.1. The number of nitrogens with one attached hydrogen (secondary N) is 2. The fraction of sp³-hybridized carbons (Fsp3) is 0.304. The summed E-state index contributed by atoms with van der Waals surface area (Å²) >= 11 is 0. The molecule has 2 fully saturated rings. The second-order valence-corrected chi connectivity index (χ2v) is 8.34. The molecule has 2 aliphatic rings. The summed E-state index contributed by atoms with van der Waals surface area (Å²) < 4.78 is 0. The second-order valence-electron chi connectivity index (χ2n) is 8.34. The van der Waals surface area contributed by atoms with E-state index in [4.69, 9.17) is 5.73 Å². The minimum Gasteiger partial charge on any atom is -0.366 e. The van der Waals surface area contributed by atoms with Gasteiger partial charge in [0, 0.05) is 54.1 Å². The summed E-state index contributed by atoms with van der Waals surface area (Å²) in [7, 11) is 0. The standard InChI is InChI=1S/C23H23N5O3/c24-21(29)13-2-1-3-14(8-13)23(31)28-11-17-16(18(17)12-28)4-7-26-22(30)20-9-15-10-25-6-5-19(15)27-20/h1-3,5-6,8-10,16-18,27H,4,7,11-12H2,(H2,24,29)(H,26,30). The monoisotopic (exact) mass is 417 g/mol. The molecule has 3 aromatic rings. The Morgan fingerprint density at radius 3 is 2.65 bits per heavy atom. The van der Waals surface area contributed by atoms with Gasteiger partial charge in [0.15, 0.2) is 0 Å². The molecule has 1 aromatic carbocycles. The summed E-state index contributed by atoms with van der Waals surface area (Å²) in [6.07, 6.45) is 4.32. The number of rotatable bonds is 6. The van der Waals surface area contributed by atoms with Gasteiger partial charge in [-0.3, -0.25) is 19.4 Å². The number of pyridine rings is 1. The third kappa shape index (κ3) is 3.65. The highest BCUT2D eigenvalue weighted by molar-refractivity contribution is 5.99. The van der Waals surface area contributed by atoms with Gasteiger partial charge in [0.1, 0.15) is 5.69 Å². The smallest absolute Gasteiger partial charge is 0.267 e. The van der Waals surface area contributed by atoms with Crippen molar-refractivity contribution < 1.29 is 14.4 Å². The highest BCUT2D eigenvalue weighted by atomic mass is 16.2. The molecular weight excluding hydrogens is 394 g/mol. The van der Waals surface area contributed by atoms with Crippen LogP contribution in [-0.4, -0.2) is 52.2 Å². The van der Waals surface area contributed by atoms with Crippen molar-refractivity contribution in [2.24, 2.45) is 23.5 Å². The highest BCUT2D eigenvalue weighted by Gasteiger charge is 2.55. The summed E-state index contributed by atoms with van der Waals surface area (Å²) in [5.41, 5.74) is 7.58. The molecule has 0 spiro atoms. The minimum atomic E-state index is -0.537. The molecule has 3 heterocycles. The first-order chi connectivity index (χ1) is 15.0. The van der Waals surface area contributed by atoms with Crippen LogP contribution in [0.25, 0.3) is 10.9 Å². The maximum atomic E-state index is 12.7. The van der Waals surface area contributed by atoms with E-state index in [0.717, 1.165) is 30.4 Å². The average molecular weight is 417 g/mol. The van der Waals surface area contributed by atoms with Gasteiger partial charge in [-0.2, -0.15) is 0 Å². The van der Waals surface area contributed by atoms with Gasteiger partial charge in [0.05, 0.1) is 0 Å². The molecule has 1 aliphatic carbocycles. The number of hydrogen-bond acceptors (Lipinski definition) is 4. The number of carbonyl (C=O) groups excluding carboxylic acids is 3. The van der Waals surface area contributed by atoms with Crippen LogP contribution in [0.3, 0.4) is 0 Å². The van der Waals surface area contributed by atoms with Crippen molar-refractivity contribution in [3.05, 3.63) is 65.6 Å². The van der Waals surface area contributed by atoms with E-state index < -0.39 is 5.91 Å². The van der Waals surface area contributed by atoms with Gasteiger partial charge in [-0.1, -0.05) is 6.07 Å². The van der Waals surface area contributed by atoms with Crippen molar-refractivity contribution in [2.45, 2.75) is 6.42 Å². The van der Waals surface area contributed by atoms with Crippen molar-refractivity contribution >= 4 is 28.6 Å². The van der Waals surface area contributed by atoms with Gasteiger partial charge in [-0.25, -0.2) is 0 Å². The van der Waals surface area contributed by atoms with Crippen LogP contribution < -0.4 is 11.1 Å². The molecule has 2 atom stereocenters. The highest BCUT2D eigenvalue weighted by Crippen LogP contribution is 2.53. The van der Waals surface area contributed by atoms with Crippen LogP contribution in [0.5, 0.6) is 0 Å². The third-order valence-corrected chi connectivity index (χ3v) is 6.48. The lowest BCUT2D eigenvalue weighted by Crippen LogP contribution is -2.32. The molecule has 0 radical (unpaired) electrons. The van der Waals surface area contributed by atoms with E-state index in [0.29, 0.717) is 41.1 Å². The molecule has 1 aliphatic heterocycles. The average Bonchev–Trinajstić information content (AvgIpc) is 3.14. The van der Waals surface area contributed by atoms with Crippen LogP contribution in [0.2, 0.25) is 0 Å². The number of aromatic nitrogens is 2. The number of aromatic amines is 1. The Labute approximate surface area is 178 Å². The van der Waals surface area contributed by atoms with E-state index in [-0.39, 0.29) is 11.8 Å². The maximum Gasteiger partial charge on any atom is 0.267 e. The molecule has 1 saturated heterocycles. The minimum absolute atomic E-state index is 0.0596. The normalized spacial score (nSPS) is 21.7. The quantitative estimate of drug-likeness (QED) is 0.566. The Bertz CT molecular complexity index is 1140. The van der Waals surface area contributed by atoms with Crippen LogP contribution in [0, 0.1) is 17.8 Å². The second kappa shape index (κ2) is 7.54. The van der Waals surface area contributed by atoms with Crippen LogP contribution in [0.15, 0.2) is 48.8 Å². The summed E-state index contributed by atoms with van der Waals surface area (Å²) in [6.45, 7) is 2.05. The number of nitrogens with zero attached hydrogens (tertiary/aromatic N) is 2. The zero-order chi connectivity index (χ0) is 21.5. The first-order valence-corrected chi connectivity index (χ1v) is 10.4. The van der Waals surface area contributed by atoms with Gasteiger partial charge >= 0.3 is 0 Å². The predicted molar refractivity (Wildman–Crippen MR) is 114 cm³/mol. The number of benzene rings is 1. The predicted octanol–water partition coefficient (Wildman–Crippen LogP) is 1.80. The van der Waals surface area contributed by atoms with Gasteiger partial charge in [0.25, 0.3) is 11.8 Å². The number of primary amides is 1. The number of nitrogens with two attached hydrogens (primary N) is 1. The van der Waals surface area contributed by atoms with Crippen molar-refractivity contribution in [3.63, 3.8) is 0 Å². The van der Waals surface area contributed by atoms with Gasteiger partial charge in [-0.05, 0) is 54.5 Å². The van der Waals surface area contributed by atoms with Crippen molar-refractivity contribution in [1.82, 2.24) is 20.2 Å². The summed E-state index contributed by atoms with van der Waals surface area (Å²) in [6, 6.07) is 10.2. The van der Waals surface area contributed by atoms with Crippen LogP contribution in [0.1, 0.15) is 37.6 Å². The number of fused-ring (bicyclic) bond motifs is 2. The van der Waals surface area contributed by atoms with E-state index in [2.05, 4.69) is 15.3 Å². The Kier molecular flexibility index (Phi) is 4.69. The molecule has 8 heteroatoms. The van der Waals surface area contributed by atoms with Gasteiger partial charge in [0.2, 0.25) is 5.91 Å². The summed E-state index contributed by atoms with van der Waals surface area (Å²) in [5, 5.41) is 3.89. The largest absolute Gasteiger partial charge is 0.366 e. The number of piperidine rings is 1. The molecule has 0 bridgehead atoms. The number of carbonyl (C=O) groups is 3. The van der Waals surface area contributed by atoms with Crippen LogP contribution in [0.4, 0.5) is 0 Å². The third-order valence-electron chi connectivity index (χ3n) is 6.48. The van der Waals surface area contributed by atoms with E-state index in [9.17, 15) is 14.4 Å². The van der Waals surface area contributed by atoms with Gasteiger partial charge < -0.3 is 20.9 Å². The lowest BCUT2D eigenvalue weighted by molar-refractivity contribution is 0.0767. The Morgan fingerprint density at radius 2 is 1.90 bits per heavy atom. The molecule has 8 nitrogen and oxygen atoms in total. The molecule has 2 aromatic heterocycles. The zero-order valence-corrected chi connectivity index (χ0v) is 16.9. The van der Waals surface area contributed by atoms with E-state index in [1.54, 1.807) is 42.7 Å². The fourth-order valence-corrected chi connectivity index (χ4v) is 4.77. The van der Waals surface area contributed by atoms with Gasteiger partial charge in [-0.15, -0.1) is 0 Å². The molecule has 31 heavy (non-hydrogen) atoms. The molecule has 4 N–H and O–H groups in total. The Balaban J connectivity index is 1.10. The van der Waals surface area contributed by atoms with Crippen LogP contribution in [-0.2, 0) is 0 Å². The topological polar surface area (TPSA) is 121 Å². The Morgan fingerprint density at radius 1 is 1.13 bits per heavy atom. The first kappa shape index (κ1) is 19.3. The Hall–Kier alpha value is -3.68. The van der Waals surface area contributed by atoms with E-state index >= 15 is 0 Å². The summed E-state index contributed by atoms with van der Waals surface area (Å²) in [5.74, 6) is 0.792.